The van der Waals surface area contributed by atoms with Crippen molar-refractivity contribution in [2.75, 3.05) is 11.1 Å². The van der Waals surface area contributed by atoms with Gasteiger partial charge < -0.3 is 5.32 Å². The first kappa shape index (κ1) is 13.4. The predicted octanol–water partition coefficient (Wildman–Crippen LogP) is 3.95. The van der Waals surface area contributed by atoms with Gasteiger partial charge in [0.15, 0.2) is 0 Å². The molecule has 0 aliphatic rings. The average Bonchev–Trinajstić information content (AvgIpc) is 2.46. The fourth-order valence-electron chi connectivity index (χ4n) is 1.67. The van der Waals surface area contributed by atoms with Gasteiger partial charge in [0, 0.05) is 11.4 Å². The van der Waals surface area contributed by atoms with E-state index in [1.165, 1.54) is 5.56 Å². The van der Waals surface area contributed by atoms with E-state index in [-0.39, 0.29) is 0 Å². The van der Waals surface area contributed by atoms with Gasteiger partial charge in [-0.1, -0.05) is 25.1 Å². The molecule has 1 aromatic carbocycles. The van der Waals surface area contributed by atoms with Crippen LogP contribution < -0.4 is 5.32 Å². The van der Waals surface area contributed by atoms with E-state index in [1.807, 2.05) is 42.1 Å². The fourth-order valence-corrected chi connectivity index (χ4v) is 2.29. The predicted molar refractivity (Wildman–Crippen MR) is 80.5 cm³/mol. The molecule has 4 heteroatoms. The van der Waals surface area contributed by atoms with Crippen LogP contribution in [0.5, 0.6) is 0 Å². The van der Waals surface area contributed by atoms with Gasteiger partial charge in [-0.25, -0.2) is 4.98 Å². The van der Waals surface area contributed by atoms with Gasteiger partial charge in [0.2, 0.25) is 0 Å². The standard InChI is InChI=1S/C15H15N3S/c1-2-19-11-12-5-3-6-13(9-12)17-15-8-4-7-14(10-16)18-15/h3-9H,2,11H2,1H3,(H,17,18). The first-order valence-corrected chi connectivity index (χ1v) is 7.28. The highest BCUT2D eigenvalue weighted by molar-refractivity contribution is 7.98. The molecule has 1 heterocycles. The summed E-state index contributed by atoms with van der Waals surface area (Å²) in [5.41, 5.74) is 2.70. The van der Waals surface area contributed by atoms with E-state index in [2.05, 4.69) is 29.4 Å². The van der Waals surface area contributed by atoms with Gasteiger partial charge >= 0.3 is 0 Å². The summed E-state index contributed by atoms with van der Waals surface area (Å²) in [5.74, 6) is 2.82. The van der Waals surface area contributed by atoms with Gasteiger partial charge in [-0.3, -0.25) is 0 Å². The molecule has 96 valence electrons. The molecule has 0 amide bonds. The summed E-state index contributed by atoms with van der Waals surface area (Å²) in [6, 6.07) is 15.7. The van der Waals surface area contributed by atoms with E-state index >= 15 is 0 Å². The molecule has 2 aromatic rings. The minimum atomic E-state index is 0.419. The van der Waals surface area contributed by atoms with Crippen molar-refractivity contribution < 1.29 is 0 Å². The van der Waals surface area contributed by atoms with Crippen LogP contribution in [0, 0.1) is 11.3 Å². The number of benzene rings is 1. The highest BCUT2D eigenvalue weighted by Gasteiger charge is 1.99. The first-order valence-electron chi connectivity index (χ1n) is 6.12. The normalized spacial score (nSPS) is 9.89. The maximum Gasteiger partial charge on any atom is 0.142 e. The molecule has 1 aromatic heterocycles. The summed E-state index contributed by atoms with van der Waals surface area (Å²) in [5, 5.41) is 12.1. The van der Waals surface area contributed by atoms with Gasteiger partial charge in [-0.15, -0.1) is 0 Å². The van der Waals surface area contributed by atoms with E-state index < -0.39 is 0 Å². The smallest absolute Gasteiger partial charge is 0.142 e. The fraction of sp³-hybridized carbons (Fsp3) is 0.200. The molecule has 19 heavy (non-hydrogen) atoms. The lowest BCUT2D eigenvalue weighted by Crippen LogP contribution is -1.95. The molecule has 0 saturated carbocycles. The number of nitrogens with zero attached hydrogens (tertiary/aromatic N) is 2. The molecular formula is C15H15N3S. The molecule has 0 unspecified atom stereocenters. The molecule has 2 rings (SSSR count). The number of nitrogens with one attached hydrogen (secondary N) is 1. The third-order valence-electron chi connectivity index (χ3n) is 2.54. The van der Waals surface area contributed by atoms with E-state index in [9.17, 15) is 0 Å². The Morgan fingerprint density at radius 3 is 2.89 bits per heavy atom. The lowest BCUT2D eigenvalue weighted by atomic mass is 10.2. The van der Waals surface area contributed by atoms with Crippen molar-refractivity contribution in [3.8, 4) is 6.07 Å². The van der Waals surface area contributed by atoms with Crippen LogP contribution in [0.4, 0.5) is 11.5 Å². The second-order valence-electron chi connectivity index (χ2n) is 3.98. The summed E-state index contributed by atoms with van der Waals surface area (Å²) in [6.07, 6.45) is 0. The third kappa shape index (κ3) is 4.01. The van der Waals surface area contributed by atoms with Crippen molar-refractivity contribution in [2.24, 2.45) is 0 Å². The second-order valence-corrected chi connectivity index (χ2v) is 5.26. The molecule has 0 aliphatic heterocycles. The number of anilines is 2. The van der Waals surface area contributed by atoms with Crippen molar-refractivity contribution in [3.63, 3.8) is 0 Å². The largest absolute Gasteiger partial charge is 0.340 e. The van der Waals surface area contributed by atoms with Crippen LogP contribution in [0.3, 0.4) is 0 Å². The topological polar surface area (TPSA) is 48.7 Å². The van der Waals surface area contributed by atoms with Crippen molar-refractivity contribution in [1.82, 2.24) is 4.98 Å². The van der Waals surface area contributed by atoms with Crippen LogP contribution in [0.25, 0.3) is 0 Å². The zero-order valence-electron chi connectivity index (χ0n) is 10.8. The van der Waals surface area contributed by atoms with Crippen molar-refractivity contribution >= 4 is 23.3 Å². The number of aromatic nitrogens is 1. The summed E-state index contributed by atoms with van der Waals surface area (Å²) in [4.78, 5) is 4.20. The summed E-state index contributed by atoms with van der Waals surface area (Å²) in [6.45, 7) is 2.16. The highest BCUT2D eigenvalue weighted by atomic mass is 32.2. The summed E-state index contributed by atoms with van der Waals surface area (Å²) in [7, 11) is 0. The summed E-state index contributed by atoms with van der Waals surface area (Å²) < 4.78 is 0. The van der Waals surface area contributed by atoms with Gasteiger partial charge in [0.05, 0.1) is 0 Å². The first-order chi connectivity index (χ1) is 9.31. The Balaban J connectivity index is 2.12. The quantitative estimate of drug-likeness (QED) is 0.892. The van der Waals surface area contributed by atoms with Crippen LogP contribution in [0.2, 0.25) is 0 Å². The molecule has 0 spiro atoms. The zero-order chi connectivity index (χ0) is 13.5. The Labute approximate surface area is 117 Å². The third-order valence-corrected chi connectivity index (χ3v) is 3.48. The van der Waals surface area contributed by atoms with Crippen molar-refractivity contribution in [2.45, 2.75) is 12.7 Å². The maximum absolute atomic E-state index is 8.83. The Kier molecular flexibility index (Phi) is 4.82. The molecule has 1 N–H and O–H groups in total. The lowest BCUT2D eigenvalue weighted by Gasteiger charge is -2.07. The molecule has 0 radical (unpaired) electrons. The van der Waals surface area contributed by atoms with E-state index in [4.69, 9.17) is 5.26 Å². The molecule has 0 fully saturated rings. The van der Waals surface area contributed by atoms with E-state index in [1.54, 1.807) is 6.07 Å². The van der Waals surface area contributed by atoms with Crippen LogP contribution in [-0.4, -0.2) is 10.7 Å². The van der Waals surface area contributed by atoms with Gasteiger partial charge in [0.1, 0.15) is 17.6 Å². The Hall–Kier alpha value is -1.99. The molecular weight excluding hydrogens is 254 g/mol. The van der Waals surface area contributed by atoms with Crippen molar-refractivity contribution in [3.05, 3.63) is 53.7 Å². The minimum Gasteiger partial charge on any atom is -0.340 e. The number of rotatable bonds is 5. The number of hydrogen-bond donors (Lipinski definition) is 1. The lowest BCUT2D eigenvalue weighted by molar-refractivity contribution is 1.25. The van der Waals surface area contributed by atoms with Gasteiger partial charge in [-0.05, 0) is 35.6 Å². The maximum atomic E-state index is 8.83. The van der Waals surface area contributed by atoms with Gasteiger partial charge in [-0.2, -0.15) is 17.0 Å². The number of nitriles is 1. The minimum absolute atomic E-state index is 0.419. The number of thioether (sulfide) groups is 1. The van der Waals surface area contributed by atoms with E-state index in [0.29, 0.717) is 11.5 Å². The second kappa shape index (κ2) is 6.81. The Morgan fingerprint density at radius 1 is 1.26 bits per heavy atom. The number of hydrogen-bond acceptors (Lipinski definition) is 4. The van der Waals surface area contributed by atoms with Crippen molar-refractivity contribution in [1.29, 1.82) is 5.26 Å². The zero-order valence-corrected chi connectivity index (χ0v) is 11.6. The monoisotopic (exact) mass is 269 g/mol. The van der Waals surface area contributed by atoms with Gasteiger partial charge in [0.25, 0.3) is 0 Å². The summed E-state index contributed by atoms with van der Waals surface area (Å²) >= 11 is 1.90. The number of pyridine rings is 1. The van der Waals surface area contributed by atoms with Crippen LogP contribution in [0.15, 0.2) is 42.5 Å². The average molecular weight is 269 g/mol. The van der Waals surface area contributed by atoms with E-state index in [0.717, 1.165) is 17.2 Å². The Bertz CT molecular complexity index is 590. The molecule has 0 bridgehead atoms. The molecule has 0 saturated heterocycles. The van der Waals surface area contributed by atoms with Crippen LogP contribution >= 0.6 is 11.8 Å². The Morgan fingerprint density at radius 2 is 2.11 bits per heavy atom. The highest BCUT2D eigenvalue weighted by Crippen LogP contribution is 2.19. The van der Waals surface area contributed by atoms with Crippen LogP contribution in [-0.2, 0) is 5.75 Å². The molecule has 3 nitrogen and oxygen atoms in total. The SMILES string of the molecule is CCSCc1cccc(Nc2cccc(C#N)n2)c1. The van der Waals surface area contributed by atoms with Crippen LogP contribution in [0.1, 0.15) is 18.2 Å². The molecule has 0 aliphatic carbocycles. The molecule has 0 atom stereocenters.